The molecule has 5 heteroatoms. The number of hydrogen-bond donors (Lipinski definition) is 2. The van der Waals surface area contributed by atoms with Gasteiger partial charge in [-0.15, -0.1) is 0 Å². The summed E-state index contributed by atoms with van der Waals surface area (Å²) in [5, 5.41) is 6.73. The van der Waals surface area contributed by atoms with Gasteiger partial charge in [-0.1, -0.05) is 11.6 Å². The number of nitrogens with one attached hydrogen (secondary N) is 2. The van der Waals surface area contributed by atoms with Crippen LogP contribution in [0, 0.1) is 0 Å². The van der Waals surface area contributed by atoms with Crippen LogP contribution >= 0.6 is 11.6 Å². The minimum Gasteiger partial charge on any atom is -0.381 e. The zero-order valence-corrected chi connectivity index (χ0v) is 12.1. The van der Waals surface area contributed by atoms with Gasteiger partial charge in [-0.25, -0.2) is 0 Å². The van der Waals surface area contributed by atoms with E-state index in [0.717, 1.165) is 31.6 Å². The lowest BCUT2D eigenvalue weighted by molar-refractivity contribution is 0.0963. The van der Waals surface area contributed by atoms with Crippen LogP contribution < -0.4 is 10.6 Å². The Hall–Kier alpha value is -1.26. The van der Waals surface area contributed by atoms with Crippen LogP contribution in [0.15, 0.2) is 18.2 Å². The quantitative estimate of drug-likeness (QED) is 0.893. The second-order valence-corrected chi connectivity index (χ2v) is 5.40. The zero-order valence-electron chi connectivity index (χ0n) is 11.4. The van der Waals surface area contributed by atoms with Gasteiger partial charge in [0.1, 0.15) is 0 Å². The molecule has 0 spiro atoms. The number of nitrogens with zero attached hydrogens (tertiary/aromatic N) is 1. The summed E-state index contributed by atoms with van der Waals surface area (Å²) in [6.07, 6.45) is 2.19. The highest BCUT2D eigenvalue weighted by molar-refractivity contribution is 6.33. The highest BCUT2D eigenvalue weighted by Gasteiger charge is 2.17. The predicted octanol–water partition coefficient (Wildman–Crippen LogP) is 2.21. The normalized spacial score (nSPS) is 17.2. The van der Waals surface area contributed by atoms with Crippen LogP contribution in [-0.2, 0) is 0 Å². The number of anilines is 1. The van der Waals surface area contributed by atoms with E-state index in [0.29, 0.717) is 16.6 Å². The van der Waals surface area contributed by atoms with Gasteiger partial charge < -0.3 is 15.5 Å². The number of likely N-dealkylation sites (tertiary alicyclic amines) is 1. The third kappa shape index (κ3) is 3.61. The average Bonchev–Trinajstić information content (AvgIpc) is 2.43. The predicted molar refractivity (Wildman–Crippen MR) is 79.0 cm³/mol. The number of hydrogen-bond acceptors (Lipinski definition) is 3. The molecule has 0 radical (unpaired) electrons. The largest absolute Gasteiger partial charge is 0.381 e. The maximum atomic E-state index is 11.6. The lowest BCUT2D eigenvalue weighted by Gasteiger charge is -2.30. The molecule has 1 amide bonds. The van der Waals surface area contributed by atoms with E-state index in [9.17, 15) is 4.79 Å². The number of carbonyl (C=O) groups is 1. The summed E-state index contributed by atoms with van der Waals surface area (Å²) < 4.78 is 0. The Balaban J connectivity index is 2.08. The van der Waals surface area contributed by atoms with Crippen molar-refractivity contribution in [2.75, 3.05) is 32.5 Å². The first-order valence-corrected chi connectivity index (χ1v) is 6.94. The number of halogens is 1. The Labute approximate surface area is 119 Å². The van der Waals surface area contributed by atoms with Gasteiger partial charge in [0.15, 0.2) is 0 Å². The molecule has 1 aromatic carbocycles. The molecule has 1 aliphatic heterocycles. The van der Waals surface area contributed by atoms with E-state index in [4.69, 9.17) is 11.6 Å². The summed E-state index contributed by atoms with van der Waals surface area (Å²) >= 11 is 6.19. The molecule has 0 atom stereocenters. The van der Waals surface area contributed by atoms with Crippen molar-refractivity contribution in [3.05, 3.63) is 28.8 Å². The minimum atomic E-state index is -0.0944. The third-order valence-corrected chi connectivity index (χ3v) is 3.86. The summed E-state index contributed by atoms with van der Waals surface area (Å²) in [5.74, 6) is -0.0944. The maximum Gasteiger partial charge on any atom is 0.251 e. The van der Waals surface area contributed by atoms with Crippen molar-refractivity contribution in [3.63, 3.8) is 0 Å². The Bertz CT molecular complexity index is 456. The minimum absolute atomic E-state index is 0.0944. The molecule has 1 heterocycles. The second-order valence-electron chi connectivity index (χ2n) is 5.00. The molecule has 104 valence electrons. The molecular formula is C14H20ClN3O. The van der Waals surface area contributed by atoms with Gasteiger partial charge in [-0.05, 0) is 51.2 Å². The maximum absolute atomic E-state index is 11.6. The van der Waals surface area contributed by atoms with Crippen molar-refractivity contribution in [1.29, 1.82) is 0 Å². The van der Waals surface area contributed by atoms with Crippen LogP contribution in [-0.4, -0.2) is 44.0 Å². The van der Waals surface area contributed by atoms with Crippen molar-refractivity contribution in [3.8, 4) is 0 Å². The Morgan fingerprint density at radius 3 is 2.68 bits per heavy atom. The molecule has 2 N–H and O–H groups in total. The number of rotatable bonds is 3. The Morgan fingerprint density at radius 2 is 2.05 bits per heavy atom. The summed E-state index contributed by atoms with van der Waals surface area (Å²) in [5.41, 5.74) is 1.47. The second kappa shape index (κ2) is 6.26. The molecule has 2 rings (SSSR count). The first-order valence-electron chi connectivity index (χ1n) is 6.57. The fourth-order valence-electron chi connectivity index (χ4n) is 2.29. The van der Waals surface area contributed by atoms with Crippen LogP contribution in [0.3, 0.4) is 0 Å². The molecule has 1 fully saturated rings. The van der Waals surface area contributed by atoms with Crippen molar-refractivity contribution in [2.24, 2.45) is 0 Å². The zero-order chi connectivity index (χ0) is 13.8. The Kier molecular flexibility index (Phi) is 4.66. The van der Waals surface area contributed by atoms with Crippen molar-refractivity contribution in [2.45, 2.75) is 18.9 Å². The summed E-state index contributed by atoms with van der Waals surface area (Å²) in [6, 6.07) is 5.75. The number of benzene rings is 1. The molecular weight excluding hydrogens is 262 g/mol. The van der Waals surface area contributed by atoms with Gasteiger partial charge in [0.25, 0.3) is 5.91 Å². The standard InChI is InChI=1S/C14H20ClN3O/c1-16-14(19)10-3-4-12(15)13(9-10)17-11-5-7-18(2)8-6-11/h3-4,9,11,17H,5-8H2,1-2H3,(H,16,19). The summed E-state index contributed by atoms with van der Waals surface area (Å²) in [6.45, 7) is 2.18. The smallest absolute Gasteiger partial charge is 0.251 e. The van der Waals surface area contributed by atoms with E-state index in [1.165, 1.54) is 0 Å². The van der Waals surface area contributed by atoms with Gasteiger partial charge in [0.2, 0.25) is 0 Å². The molecule has 1 saturated heterocycles. The van der Waals surface area contributed by atoms with Crippen LogP contribution in [0.2, 0.25) is 5.02 Å². The molecule has 0 bridgehead atoms. The van der Waals surface area contributed by atoms with E-state index >= 15 is 0 Å². The fourth-order valence-corrected chi connectivity index (χ4v) is 2.47. The summed E-state index contributed by atoms with van der Waals surface area (Å²) in [4.78, 5) is 13.9. The first kappa shape index (κ1) is 14.2. The Morgan fingerprint density at radius 1 is 1.37 bits per heavy atom. The average molecular weight is 282 g/mol. The number of amides is 1. The van der Waals surface area contributed by atoms with E-state index < -0.39 is 0 Å². The van der Waals surface area contributed by atoms with Crippen LogP contribution in [0.5, 0.6) is 0 Å². The SMILES string of the molecule is CNC(=O)c1ccc(Cl)c(NC2CCN(C)CC2)c1. The van der Waals surface area contributed by atoms with Crippen LogP contribution in [0.1, 0.15) is 23.2 Å². The van der Waals surface area contributed by atoms with Gasteiger partial charge in [0, 0.05) is 18.7 Å². The molecule has 0 aliphatic carbocycles. The topological polar surface area (TPSA) is 44.4 Å². The fraction of sp³-hybridized carbons (Fsp3) is 0.500. The molecule has 4 nitrogen and oxygen atoms in total. The monoisotopic (exact) mass is 281 g/mol. The van der Waals surface area contributed by atoms with Gasteiger partial charge >= 0.3 is 0 Å². The number of carbonyl (C=O) groups excluding carboxylic acids is 1. The molecule has 1 aliphatic rings. The van der Waals surface area contributed by atoms with Crippen molar-refractivity contribution >= 4 is 23.2 Å². The van der Waals surface area contributed by atoms with Crippen LogP contribution in [0.25, 0.3) is 0 Å². The molecule has 19 heavy (non-hydrogen) atoms. The van der Waals surface area contributed by atoms with Crippen LogP contribution in [0.4, 0.5) is 5.69 Å². The van der Waals surface area contributed by atoms with Crippen molar-refractivity contribution in [1.82, 2.24) is 10.2 Å². The summed E-state index contributed by atoms with van der Waals surface area (Å²) in [7, 11) is 3.76. The first-order chi connectivity index (χ1) is 9.10. The van der Waals surface area contributed by atoms with Crippen molar-refractivity contribution < 1.29 is 4.79 Å². The lowest BCUT2D eigenvalue weighted by Crippen LogP contribution is -2.36. The highest BCUT2D eigenvalue weighted by atomic mass is 35.5. The van der Waals surface area contributed by atoms with E-state index in [1.54, 1.807) is 19.2 Å². The van der Waals surface area contributed by atoms with E-state index in [2.05, 4.69) is 22.6 Å². The molecule has 0 unspecified atom stereocenters. The third-order valence-electron chi connectivity index (χ3n) is 3.53. The molecule has 0 saturated carbocycles. The van der Waals surface area contributed by atoms with Gasteiger partial charge in [-0.2, -0.15) is 0 Å². The number of piperidine rings is 1. The van der Waals surface area contributed by atoms with Gasteiger partial charge in [0.05, 0.1) is 10.7 Å². The highest BCUT2D eigenvalue weighted by Crippen LogP contribution is 2.25. The van der Waals surface area contributed by atoms with E-state index in [-0.39, 0.29) is 5.91 Å². The van der Waals surface area contributed by atoms with E-state index in [1.807, 2.05) is 6.07 Å². The van der Waals surface area contributed by atoms with Gasteiger partial charge in [-0.3, -0.25) is 4.79 Å². The lowest BCUT2D eigenvalue weighted by atomic mass is 10.0. The molecule has 0 aromatic heterocycles. The molecule has 1 aromatic rings.